The molecule has 0 spiro atoms. The minimum absolute atomic E-state index is 0.477. The summed E-state index contributed by atoms with van der Waals surface area (Å²) < 4.78 is 5.89. The lowest BCUT2D eigenvalue weighted by Gasteiger charge is -2.36. The van der Waals surface area contributed by atoms with Crippen molar-refractivity contribution in [1.29, 1.82) is 0 Å². The Kier molecular flexibility index (Phi) is 6.31. The number of rotatable bonds is 7. The van der Waals surface area contributed by atoms with Crippen molar-refractivity contribution in [3.8, 4) is 0 Å². The van der Waals surface area contributed by atoms with Crippen LogP contribution >= 0.6 is 0 Å². The molecule has 1 aliphatic heterocycles. The van der Waals surface area contributed by atoms with E-state index in [1.54, 1.807) is 0 Å². The smallest absolute Gasteiger partial charge is 0.0701 e. The van der Waals surface area contributed by atoms with Gasteiger partial charge in [0.2, 0.25) is 0 Å². The van der Waals surface area contributed by atoms with Crippen LogP contribution in [0.15, 0.2) is 0 Å². The second kappa shape index (κ2) is 7.77. The molecule has 0 bridgehead atoms. The fourth-order valence-corrected chi connectivity index (χ4v) is 3.87. The highest BCUT2D eigenvalue weighted by molar-refractivity contribution is 4.89. The summed E-state index contributed by atoms with van der Waals surface area (Å²) in [5, 5.41) is 3.68. The quantitative estimate of drug-likeness (QED) is 0.777. The highest BCUT2D eigenvalue weighted by Gasteiger charge is 2.35. The molecule has 1 N–H and O–H groups in total. The zero-order chi connectivity index (χ0) is 14.4. The average Bonchev–Trinajstić information content (AvgIpc) is 2.86. The molecule has 0 amide bonds. The molecule has 1 saturated carbocycles. The third-order valence-corrected chi connectivity index (χ3v) is 4.94. The van der Waals surface area contributed by atoms with E-state index in [1.807, 2.05) is 0 Å². The second-order valence-electron chi connectivity index (χ2n) is 7.43. The molecule has 3 nitrogen and oxygen atoms in total. The van der Waals surface area contributed by atoms with Crippen molar-refractivity contribution in [2.24, 2.45) is 5.41 Å². The van der Waals surface area contributed by atoms with Gasteiger partial charge >= 0.3 is 0 Å². The topological polar surface area (TPSA) is 24.5 Å². The van der Waals surface area contributed by atoms with Gasteiger partial charge in [0.05, 0.1) is 6.10 Å². The van der Waals surface area contributed by atoms with Gasteiger partial charge in [0.25, 0.3) is 0 Å². The number of nitrogens with one attached hydrogen (secondary N) is 1. The van der Waals surface area contributed by atoms with Crippen molar-refractivity contribution in [2.45, 2.75) is 70.9 Å². The summed E-state index contributed by atoms with van der Waals surface area (Å²) in [6, 6.07) is 0.597. The van der Waals surface area contributed by atoms with E-state index in [0.717, 1.165) is 13.2 Å². The number of hydrogen-bond donors (Lipinski definition) is 1. The van der Waals surface area contributed by atoms with Crippen LogP contribution < -0.4 is 5.32 Å². The fraction of sp³-hybridized carbons (Fsp3) is 1.00. The highest BCUT2D eigenvalue weighted by atomic mass is 16.5. The van der Waals surface area contributed by atoms with E-state index in [-0.39, 0.29) is 0 Å². The Hall–Kier alpha value is -0.120. The molecule has 1 aliphatic carbocycles. The van der Waals surface area contributed by atoms with Crippen molar-refractivity contribution >= 4 is 0 Å². The Morgan fingerprint density at radius 2 is 1.95 bits per heavy atom. The predicted molar refractivity (Wildman–Crippen MR) is 85.1 cm³/mol. The van der Waals surface area contributed by atoms with Gasteiger partial charge in [-0.3, -0.25) is 0 Å². The number of likely N-dealkylation sites (N-methyl/N-ethyl adjacent to an activating group) is 1. The maximum Gasteiger partial charge on any atom is 0.0701 e. The standard InChI is InChI=1S/C17H34N2O/c1-15(2)18-13-17(9-5-6-10-17)14-19(3)12-16-8-4-7-11-20-16/h15-16,18H,4-14H2,1-3H3. The number of nitrogens with zero attached hydrogens (tertiary/aromatic N) is 1. The Bertz CT molecular complexity index is 268. The van der Waals surface area contributed by atoms with Crippen LogP contribution in [0.4, 0.5) is 0 Å². The molecule has 0 radical (unpaired) electrons. The van der Waals surface area contributed by atoms with Crippen LogP contribution in [0.3, 0.4) is 0 Å². The SMILES string of the molecule is CC(C)NCC1(CN(C)CC2CCCCO2)CCCC1. The zero-order valence-corrected chi connectivity index (χ0v) is 13.8. The average molecular weight is 282 g/mol. The van der Waals surface area contributed by atoms with Gasteiger partial charge in [-0.15, -0.1) is 0 Å². The molecule has 1 heterocycles. The van der Waals surface area contributed by atoms with Gasteiger partial charge in [0.15, 0.2) is 0 Å². The van der Waals surface area contributed by atoms with E-state index in [2.05, 4.69) is 31.1 Å². The van der Waals surface area contributed by atoms with Crippen molar-refractivity contribution in [3.05, 3.63) is 0 Å². The third kappa shape index (κ3) is 5.01. The van der Waals surface area contributed by atoms with Crippen LogP contribution in [0, 0.1) is 5.41 Å². The van der Waals surface area contributed by atoms with Crippen LogP contribution in [0.1, 0.15) is 58.8 Å². The maximum absolute atomic E-state index is 5.89. The first-order valence-corrected chi connectivity index (χ1v) is 8.63. The van der Waals surface area contributed by atoms with Crippen LogP contribution in [0.5, 0.6) is 0 Å². The van der Waals surface area contributed by atoms with Crippen molar-refractivity contribution in [3.63, 3.8) is 0 Å². The lowest BCUT2D eigenvalue weighted by atomic mass is 9.85. The minimum atomic E-state index is 0.477. The summed E-state index contributed by atoms with van der Waals surface area (Å²) >= 11 is 0. The van der Waals surface area contributed by atoms with Crippen LogP contribution in [-0.2, 0) is 4.74 Å². The summed E-state index contributed by atoms with van der Waals surface area (Å²) in [4.78, 5) is 2.53. The Morgan fingerprint density at radius 1 is 1.20 bits per heavy atom. The van der Waals surface area contributed by atoms with E-state index in [9.17, 15) is 0 Å². The van der Waals surface area contributed by atoms with Gasteiger partial charge in [-0.2, -0.15) is 0 Å². The Balaban J connectivity index is 1.80. The van der Waals surface area contributed by atoms with Gasteiger partial charge in [-0.05, 0) is 44.6 Å². The van der Waals surface area contributed by atoms with E-state index in [4.69, 9.17) is 4.74 Å². The maximum atomic E-state index is 5.89. The molecule has 1 saturated heterocycles. The Morgan fingerprint density at radius 3 is 2.55 bits per heavy atom. The van der Waals surface area contributed by atoms with Crippen molar-refractivity contribution in [1.82, 2.24) is 10.2 Å². The molecule has 3 heteroatoms. The van der Waals surface area contributed by atoms with Crippen LogP contribution in [0.25, 0.3) is 0 Å². The van der Waals surface area contributed by atoms with Crippen LogP contribution in [0.2, 0.25) is 0 Å². The molecule has 1 unspecified atom stereocenters. The molecule has 2 aliphatic rings. The first-order chi connectivity index (χ1) is 9.60. The molecule has 118 valence electrons. The molecule has 2 fully saturated rings. The third-order valence-electron chi connectivity index (χ3n) is 4.94. The van der Waals surface area contributed by atoms with Gasteiger partial charge < -0.3 is 15.0 Å². The molecule has 0 aromatic carbocycles. The van der Waals surface area contributed by atoms with Crippen LogP contribution in [-0.4, -0.2) is 50.3 Å². The molecule has 2 rings (SSSR count). The van der Waals surface area contributed by atoms with E-state index < -0.39 is 0 Å². The second-order valence-corrected chi connectivity index (χ2v) is 7.43. The predicted octanol–water partition coefficient (Wildman–Crippen LogP) is 3.05. The highest BCUT2D eigenvalue weighted by Crippen LogP contribution is 2.38. The first kappa shape index (κ1) is 16.3. The molecular formula is C17H34N2O. The molecule has 1 atom stereocenters. The summed E-state index contributed by atoms with van der Waals surface area (Å²) in [5.41, 5.74) is 0.508. The zero-order valence-electron chi connectivity index (χ0n) is 13.8. The fourth-order valence-electron chi connectivity index (χ4n) is 3.87. The van der Waals surface area contributed by atoms with E-state index >= 15 is 0 Å². The summed E-state index contributed by atoms with van der Waals surface area (Å²) in [6.07, 6.45) is 9.93. The summed E-state index contributed by atoms with van der Waals surface area (Å²) in [7, 11) is 2.29. The van der Waals surface area contributed by atoms with Gasteiger partial charge in [0, 0.05) is 32.3 Å². The van der Waals surface area contributed by atoms with Gasteiger partial charge in [-0.1, -0.05) is 26.7 Å². The van der Waals surface area contributed by atoms with E-state index in [0.29, 0.717) is 17.6 Å². The lowest BCUT2D eigenvalue weighted by molar-refractivity contribution is -0.00772. The lowest BCUT2D eigenvalue weighted by Crippen LogP contribution is -2.45. The number of hydrogen-bond acceptors (Lipinski definition) is 3. The summed E-state index contributed by atoms with van der Waals surface area (Å²) in [6.45, 7) is 9.00. The molecule has 20 heavy (non-hydrogen) atoms. The van der Waals surface area contributed by atoms with Crippen molar-refractivity contribution < 1.29 is 4.74 Å². The monoisotopic (exact) mass is 282 g/mol. The van der Waals surface area contributed by atoms with Gasteiger partial charge in [-0.25, -0.2) is 0 Å². The first-order valence-electron chi connectivity index (χ1n) is 8.63. The van der Waals surface area contributed by atoms with E-state index in [1.165, 1.54) is 58.0 Å². The summed E-state index contributed by atoms with van der Waals surface area (Å²) in [5.74, 6) is 0. The molecule has 0 aromatic rings. The Labute approximate surface area is 125 Å². The van der Waals surface area contributed by atoms with Crippen molar-refractivity contribution in [2.75, 3.05) is 33.3 Å². The normalized spacial score (nSPS) is 26.6. The number of ether oxygens (including phenoxy) is 1. The molecule has 0 aromatic heterocycles. The minimum Gasteiger partial charge on any atom is -0.377 e. The molecular weight excluding hydrogens is 248 g/mol. The largest absolute Gasteiger partial charge is 0.377 e. The van der Waals surface area contributed by atoms with Gasteiger partial charge in [0.1, 0.15) is 0 Å².